The van der Waals surface area contributed by atoms with Crippen LogP contribution >= 0.6 is 35.3 Å². The van der Waals surface area contributed by atoms with Crippen molar-refractivity contribution in [3.63, 3.8) is 0 Å². The zero-order valence-electron chi connectivity index (χ0n) is 12.3. The number of halogens is 2. The van der Waals surface area contributed by atoms with Gasteiger partial charge in [0.25, 0.3) is 0 Å². The minimum absolute atomic E-state index is 0. The van der Waals surface area contributed by atoms with Crippen LogP contribution in [0.4, 0.5) is 0 Å². The Hall–Kier alpha value is -0.880. The summed E-state index contributed by atoms with van der Waals surface area (Å²) in [6, 6.07) is 5.74. The molecule has 0 saturated carbocycles. The van der Waals surface area contributed by atoms with E-state index < -0.39 is 0 Å². The van der Waals surface area contributed by atoms with E-state index in [-0.39, 0.29) is 24.2 Å². The highest BCUT2D eigenvalue weighted by molar-refractivity contribution is 7.18. The van der Waals surface area contributed by atoms with Crippen LogP contribution in [0, 0.1) is 11.8 Å². The first-order valence-corrected chi connectivity index (χ1v) is 8.36. The summed E-state index contributed by atoms with van der Waals surface area (Å²) in [4.78, 5) is 16.6. The van der Waals surface area contributed by atoms with E-state index >= 15 is 0 Å². The van der Waals surface area contributed by atoms with Crippen LogP contribution in [0.25, 0.3) is 10.2 Å². The highest BCUT2D eigenvalue weighted by Crippen LogP contribution is 2.25. The van der Waals surface area contributed by atoms with Crippen molar-refractivity contribution >= 4 is 51.5 Å². The minimum Gasteiger partial charge on any atom is -0.355 e. The Morgan fingerprint density at radius 3 is 3.00 bits per heavy atom. The lowest BCUT2D eigenvalue weighted by atomic mass is 9.88. The molecule has 1 aliphatic heterocycles. The summed E-state index contributed by atoms with van der Waals surface area (Å²) in [5, 5.41) is 7.95. The highest BCUT2D eigenvalue weighted by atomic mass is 35.5. The summed E-state index contributed by atoms with van der Waals surface area (Å²) in [6.45, 7) is 4.54. The zero-order chi connectivity index (χ0) is 14.8. The SMILES string of the molecule is CC(C(=O)NCCc1nc2cc(Cl)ccc2s1)C1CNC1.Cl. The third-order valence-electron chi connectivity index (χ3n) is 3.97. The Kier molecular flexibility index (Phi) is 6.03. The van der Waals surface area contributed by atoms with Crippen LogP contribution < -0.4 is 10.6 Å². The predicted octanol–water partition coefficient (Wildman–Crippen LogP) is 2.89. The van der Waals surface area contributed by atoms with E-state index in [1.165, 1.54) is 0 Å². The van der Waals surface area contributed by atoms with Crippen molar-refractivity contribution in [1.29, 1.82) is 0 Å². The number of amides is 1. The molecule has 4 nitrogen and oxygen atoms in total. The van der Waals surface area contributed by atoms with Gasteiger partial charge >= 0.3 is 0 Å². The Bertz CT molecular complexity index is 657. The first-order chi connectivity index (χ1) is 10.1. The molecule has 0 spiro atoms. The molecule has 1 aromatic heterocycles. The molecule has 1 aromatic carbocycles. The van der Waals surface area contributed by atoms with Gasteiger partial charge in [-0.1, -0.05) is 18.5 Å². The van der Waals surface area contributed by atoms with Gasteiger partial charge in [0.05, 0.1) is 15.2 Å². The summed E-state index contributed by atoms with van der Waals surface area (Å²) in [7, 11) is 0. The lowest BCUT2D eigenvalue weighted by Crippen LogP contribution is -2.49. The molecule has 0 aliphatic carbocycles. The number of hydrogen-bond donors (Lipinski definition) is 2. The van der Waals surface area contributed by atoms with E-state index in [2.05, 4.69) is 15.6 Å². The van der Waals surface area contributed by atoms with Gasteiger partial charge in [0.1, 0.15) is 0 Å². The van der Waals surface area contributed by atoms with Gasteiger partial charge in [-0.15, -0.1) is 23.7 Å². The van der Waals surface area contributed by atoms with Crippen LogP contribution in [0.3, 0.4) is 0 Å². The lowest BCUT2D eigenvalue weighted by Gasteiger charge is -2.31. The largest absolute Gasteiger partial charge is 0.355 e. The van der Waals surface area contributed by atoms with Gasteiger partial charge in [-0.05, 0) is 37.2 Å². The summed E-state index contributed by atoms with van der Waals surface area (Å²) in [5.74, 6) is 0.709. The summed E-state index contributed by atoms with van der Waals surface area (Å²) in [5.41, 5.74) is 0.933. The number of benzene rings is 1. The normalized spacial score (nSPS) is 15.9. The van der Waals surface area contributed by atoms with Crippen molar-refractivity contribution in [3.8, 4) is 0 Å². The Labute approximate surface area is 145 Å². The van der Waals surface area contributed by atoms with E-state index in [1.807, 2.05) is 25.1 Å². The number of carbonyl (C=O) groups excluding carboxylic acids is 1. The number of nitrogens with one attached hydrogen (secondary N) is 2. The summed E-state index contributed by atoms with van der Waals surface area (Å²) < 4.78 is 1.13. The second-order valence-electron chi connectivity index (χ2n) is 5.47. The molecular weight excluding hydrogens is 341 g/mol. The molecule has 2 heterocycles. The molecule has 2 N–H and O–H groups in total. The molecule has 2 aromatic rings. The molecule has 1 fully saturated rings. The molecule has 1 saturated heterocycles. The van der Waals surface area contributed by atoms with Gasteiger partial charge in [-0.2, -0.15) is 0 Å². The standard InChI is InChI=1S/C15H18ClN3OS.ClH/c1-9(10-7-17-8-10)15(20)18-5-4-14-19-12-6-11(16)2-3-13(12)21-14;/h2-3,6,9-10,17H,4-5,7-8H2,1H3,(H,18,20);1H. The monoisotopic (exact) mass is 359 g/mol. The maximum absolute atomic E-state index is 12.0. The third kappa shape index (κ3) is 3.90. The van der Waals surface area contributed by atoms with E-state index in [0.717, 1.165) is 34.7 Å². The smallest absolute Gasteiger partial charge is 0.223 e. The van der Waals surface area contributed by atoms with Gasteiger partial charge < -0.3 is 10.6 Å². The topological polar surface area (TPSA) is 54.0 Å². The molecular formula is C15H19Cl2N3OS. The number of nitrogens with zero attached hydrogens (tertiary/aromatic N) is 1. The number of rotatable bonds is 5. The molecule has 1 aliphatic rings. The number of fused-ring (bicyclic) bond motifs is 1. The summed E-state index contributed by atoms with van der Waals surface area (Å²) >= 11 is 7.62. The third-order valence-corrected chi connectivity index (χ3v) is 5.30. The van der Waals surface area contributed by atoms with Crippen LogP contribution in [0.1, 0.15) is 11.9 Å². The van der Waals surface area contributed by atoms with Crippen LogP contribution in [0.2, 0.25) is 5.02 Å². The van der Waals surface area contributed by atoms with Gasteiger partial charge in [-0.3, -0.25) is 4.79 Å². The van der Waals surface area contributed by atoms with E-state index in [9.17, 15) is 4.79 Å². The highest BCUT2D eigenvalue weighted by Gasteiger charge is 2.28. The Morgan fingerprint density at radius 2 is 2.32 bits per heavy atom. The Morgan fingerprint density at radius 1 is 1.55 bits per heavy atom. The molecule has 1 amide bonds. The van der Waals surface area contributed by atoms with Crippen LogP contribution in [0.5, 0.6) is 0 Å². The van der Waals surface area contributed by atoms with Crippen LogP contribution in [0.15, 0.2) is 18.2 Å². The number of thiazole rings is 1. The number of carbonyl (C=O) groups is 1. The quantitative estimate of drug-likeness (QED) is 0.862. The fourth-order valence-corrected chi connectivity index (χ4v) is 3.50. The van der Waals surface area contributed by atoms with Crippen molar-refractivity contribution in [2.75, 3.05) is 19.6 Å². The second-order valence-corrected chi connectivity index (χ2v) is 7.02. The van der Waals surface area contributed by atoms with Crippen molar-refractivity contribution in [1.82, 2.24) is 15.6 Å². The van der Waals surface area contributed by atoms with Gasteiger partial charge in [0.2, 0.25) is 5.91 Å². The minimum atomic E-state index is 0. The van der Waals surface area contributed by atoms with E-state index in [1.54, 1.807) is 11.3 Å². The van der Waals surface area contributed by atoms with Crippen molar-refractivity contribution in [2.24, 2.45) is 11.8 Å². The molecule has 1 unspecified atom stereocenters. The predicted molar refractivity (Wildman–Crippen MR) is 94.1 cm³/mol. The molecule has 22 heavy (non-hydrogen) atoms. The molecule has 0 bridgehead atoms. The van der Waals surface area contributed by atoms with E-state index in [4.69, 9.17) is 11.6 Å². The van der Waals surface area contributed by atoms with Crippen LogP contribution in [-0.2, 0) is 11.2 Å². The van der Waals surface area contributed by atoms with Crippen molar-refractivity contribution in [3.05, 3.63) is 28.2 Å². The molecule has 0 radical (unpaired) electrons. The van der Waals surface area contributed by atoms with Crippen molar-refractivity contribution in [2.45, 2.75) is 13.3 Å². The zero-order valence-corrected chi connectivity index (χ0v) is 14.7. The van der Waals surface area contributed by atoms with Gasteiger partial charge in [-0.25, -0.2) is 4.98 Å². The fourth-order valence-electron chi connectivity index (χ4n) is 2.39. The molecule has 120 valence electrons. The van der Waals surface area contributed by atoms with Gasteiger partial charge in [0, 0.05) is 23.9 Å². The average Bonchev–Trinajstić information content (AvgIpc) is 2.78. The first kappa shape index (κ1) is 17.5. The van der Waals surface area contributed by atoms with Crippen molar-refractivity contribution < 1.29 is 4.79 Å². The van der Waals surface area contributed by atoms with E-state index in [0.29, 0.717) is 17.5 Å². The average molecular weight is 360 g/mol. The molecule has 1 atom stereocenters. The Balaban J connectivity index is 0.00000176. The van der Waals surface area contributed by atoms with Gasteiger partial charge in [0.15, 0.2) is 0 Å². The fraction of sp³-hybridized carbons (Fsp3) is 0.467. The molecule has 3 rings (SSSR count). The lowest BCUT2D eigenvalue weighted by molar-refractivity contribution is -0.126. The maximum atomic E-state index is 12.0. The second kappa shape index (κ2) is 7.59. The van der Waals surface area contributed by atoms with Crippen LogP contribution in [-0.4, -0.2) is 30.5 Å². The summed E-state index contributed by atoms with van der Waals surface area (Å²) in [6.07, 6.45) is 0.762. The number of hydrogen-bond acceptors (Lipinski definition) is 4. The number of aromatic nitrogens is 1. The molecule has 7 heteroatoms. The maximum Gasteiger partial charge on any atom is 0.223 e. The first-order valence-electron chi connectivity index (χ1n) is 7.17.